The second-order valence-electron chi connectivity index (χ2n) is 4.02. The molecule has 0 bridgehead atoms. The third-order valence-corrected chi connectivity index (χ3v) is 3.28. The van der Waals surface area contributed by atoms with E-state index >= 15 is 0 Å². The van der Waals surface area contributed by atoms with Gasteiger partial charge in [0.2, 0.25) is 0 Å². The Balaban J connectivity index is 2.19. The first kappa shape index (κ1) is 14.3. The van der Waals surface area contributed by atoms with Crippen molar-refractivity contribution in [3.63, 3.8) is 0 Å². The Kier molecular flexibility index (Phi) is 4.57. The van der Waals surface area contributed by atoms with Crippen molar-refractivity contribution < 1.29 is 14.4 Å². The number of hydrogen-bond donors (Lipinski definition) is 0. The molecule has 0 atom stereocenters. The van der Waals surface area contributed by atoms with Crippen molar-refractivity contribution in [3.8, 4) is 11.5 Å². The Hall–Kier alpha value is -2.08. The fourth-order valence-electron chi connectivity index (χ4n) is 1.67. The van der Waals surface area contributed by atoms with Crippen LogP contribution in [0.5, 0.6) is 11.5 Å². The van der Waals surface area contributed by atoms with E-state index in [2.05, 4.69) is 15.9 Å². The van der Waals surface area contributed by atoms with Crippen LogP contribution in [0.2, 0.25) is 0 Å². The minimum atomic E-state index is -0.454. The number of benzene rings is 2. The lowest BCUT2D eigenvalue weighted by molar-refractivity contribution is -0.385. The van der Waals surface area contributed by atoms with Crippen LogP contribution in [0.15, 0.2) is 46.9 Å². The normalized spacial score (nSPS) is 10.1. The third kappa shape index (κ3) is 3.48. The molecule has 0 aliphatic carbocycles. The number of halogens is 1. The lowest BCUT2D eigenvalue weighted by atomic mass is 10.2. The standard InChI is InChI=1S/C14H12BrNO4/c1-19-12-7-10(6-11(8-12)16(17)18)9-20-14-5-3-2-4-13(14)15/h2-8H,9H2,1H3. The molecule has 2 aromatic rings. The van der Waals surface area contributed by atoms with E-state index in [9.17, 15) is 10.1 Å². The summed E-state index contributed by atoms with van der Waals surface area (Å²) in [4.78, 5) is 10.4. The second kappa shape index (κ2) is 6.38. The first-order valence-electron chi connectivity index (χ1n) is 5.80. The highest BCUT2D eigenvalue weighted by Crippen LogP contribution is 2.27. The van der Waals surface area contributed by atoms with Crippen molar-refractivity contribution in [2.24, 2.45) is 0 Å². The van der Waals surface area contributed by atoms with E-state index in [-0.39, 0.29) is 12.3 Å². The second-order valence-corrected chi connectivity index (χ2v) is 4.87. The molecule has 0 aliphatic heterocycles. The van der Waals surface area contributed by atoms with Gasteiger partial charge in [0.25, 0.3) is 5.69 Å². The summed E-state index contributed by atoms with van der Waals surface area (Å²) in [5.41, 5.74) is 0.655. The van der Waals surface area contributed by atoms with Gasteiger partial charge in [-0.3, -0.25) is 10.1 Å². The van der Waals surface area contributed by atoms with Gasteiger partial charge in [0.05, 0.1) is 22.6 Å². The van der Waals surface area contributed by atoms with E-state index in [1.807, 2.05) is 24.3 Å². The number of nitro groups is 1. The van der Waals surface area contributed by atoms with Crippen LogP contribution >= 0.6 is 15.9 Å². The molecule has 0 N–H and O–H groups in total. The average molecular weight is 338 g/mol. The van der Waals surface area contributed by atoms with Gasteiger partial charge in [-0.25, -0.2) is 0 Å². The van der Waals surface area contributed by atoms with Crippen molar-refractivity contribution in [2.45, 2.75) is 6.61 Å². The van der Waals surface area contributed by atoms with Crippen LogP contribution in [-0.2, 0) is 6.61 Å². The summed E-state index contributed by atoms with van der Waals surface area (Å²) in [6.07, 6.45) is 0. The molecule has 6 heteroatoms. The van der Waals surface area contributed by atoms with Crippen molar-refractivity contribution in [1.82, 2.24) is 0 Å². The zero-order valence-corrected chi connectivity index (χ0v) is 12.3. The highest BCUT2D eigenvalue weighted by molar-refractivity contribution is 9.10. The first-order valence-corrected chi connectivity index (χ1v) is 6.59. The molecular weight excluding hydrogens is 326 g/mol. The van der Waals surface area contributed by atoms with E-state index < -0.39 is 4.92 Å². The van der Waals surface area contributed by atoms with Crippen molar-refractivity contribution >= 4 is 21.6 Å². The molecule has 0 spiro atoms. The predicted molar refractivity (Wildman–Crippen MR) is 78.1 cm³/mol. The van der Waals surface area contributed by atoms with E-state index in [1.165, 1.54) is 19.2 Å². The monoisotopic (exact) mass is 337 g/mol. The number of nitro benzene ring substituents is 1. The maximum absolute atomic E-state index is 10.9. The summed E-state index contributed by atoms with van der Waals surface area (Å²) in [5.74, 6) is 1.11. The van der Waals surface area contributed by atoms with E-state index in [0.717, 1.165) is 4.47 Å². The number of nitrogens with zero attached hydrogens (tertiary/aromatic N) is 1. The van der Waals surface area contributed by atoms with E-state index in [4.69, 9.17) is 9.47 Å². The van der Waals surface area contributed by atoms with E-state index in [1.54, 1.807) is 6.07 Å². The molecule has 0 unspecified atom stereocenters. The predicted octanol–water partition coefficient (Wildman–Crippen LogP) is 3.94. The fourth-order valence-corrected chi connectivity index (χ4v) is 2.07. The summed E-state index contributed by atoms with van der Waals surface area (Å²) in [7, 11) is 1.47. The molecule has 0 radical (unpaired) electrons. The van der Waals surface area contributed by atoms with Crippen molar-refractivity contribution in [3.05, 3.63) is 62.6 Å². The summed E-state index contributed by atoms with van der Waals surface area (Å²) in [6.45, 7) is 0.223. The van der Waals surface area contributed by atoms with Crippen molar-refractivity contribution in [1.29, 1.82) is 0 Å². The van der Waals surface area contributed by atoms with Gasteiger partial charge < -0.3 is 9.47 Å². The van der Waals surface area contributed by atoms with Gasteiger partial charge in [0.15, 0.2) is 0 Å². The number of para-hydroxylation sites is 1. The van der Waals surface area contributed by atoms with Crippen LogP contribution in [0.1, 0.15) is 5.56 Å². The third-order valence-electron chi connectivity index (χ3n) is 2.63. The SMILES string of the molecule is COc1cc(COc2ccccc2Br)cc([N+](=O)[O-])c1. The number of hydrogen-bond acceptors (Lipinski definition) is 4. The lowest BCUT2D eigenvalue weighted by Crippen LogP contribution is -1.99. The Morgan fingerprint density at radius 1 is 1.25 bits per heavy atom. The van der Waals surface area contributed by atoms with Crippen LogP contribution in [0.25, 0.3) is 0 Å². The Labute approximate surface area is 124 Å². The highest BCUT2D eigenvalue weighted by Gasteiger charge is 2.11. The molecule has 20 heavy (non-hydrogen) atoms. The van der Waals surface area contributed by atoms with Gasteiger partial charge in [-0.15, -0.1) is 0 Å². The number of non-ortho nitro benzene ring substituents is 1. The Morgan fingerprint density at radius 2 is 2.00 bits per heavy atom. The molecule has 0 heterocycles. The summed E-state index contributed by atoms with van der Waals surface area (Å²) in [5, 5.41) is 10.9. The van der Waals surface area contributed by atoms with Gasteiger partial charge in [-0.05, 0) is 39.7 Å². The quantitative estimate of drug-likeness (QED) is 0.612. The van der Waals surface area contributed by atoms with E-state index in [0.29, 0.717) is 17.1 Å². The summed E-state index contributed by atoms with van der Waals surface area (Å²) in [6, 6.07) is 12.0. The number of ether oxygens (including phenoxy) is 2. The van der Waals surface area contributed by atoms with Gasteiger partial charge in [-0.2, -0.15) is 0 Å². The minimum Gasteiger partial charge on any atom is -0.496 e. The average Bonchev–Trinajstić information content (AvgIpc) is 2.46. The lowest BCUT2D eigenvalue weighted by Gasteiger charge is -2.09. The van der Waals surface area contributed by atoms with Crippen molar-refractivity contribution in [2.75, 3.05) is 7.11 Å². The molecule has 2 aromatic carbocycles. The van der Waals surface area contributed by atoms with Gasteiger partial charge in [-0.1, -0.05) is 12.1 Å². The largest absolute Gasteiger partial charge is 0.496 e. The molecule has 5 nitrogen and oxygen atoms in total. The molecule has 0 amide bonds. The first-order chi connectivity index (χ1) is 9.60. The molecule has 2 rings (SSSR count). The fraction of sp³-hybridized carbons (Fsp3) is 0.143. The summed E-state index contributed by atoms with van der Waals surface area (Å²) < 4.78 is 11.5. The topological polar surface area (TPSA) is 61.6 Å². The molecule has 104 valence electrons. The van der Waals surface area contributed by atoms with Crippen LogP contribution in [0, 0.1) is 10.1 Å². The minimum absolute atomic E-state index is 0.0184. The van der Waals surface area contributed by atoms with Crippen LogP contribution in [0.4, 0.5) is 5.69 Å². The summed E-state index contributed by atoms with van der Waals surface area (Å²) >= 11 is 3.38. The molecule has 0 saturated heterocycles. The Morgan fingerprint density at radius 3 is 2.65 bits per heavy atom. The van der Waals surface area contributed by atoms with Crippen LogP contribution < -0.4 is 9.47 Å². The maximum Gasteiger partial charge on any atom is 0.273 e. The number of methoxy groups -OCH3 is 1. The molecule has 0 aromatic heterocycles. The zero-order valence-electron chi connectivity index (χ0n) is 10.7. The van der Waals surface area contributed by atoms with Gasteiger partial charge in [0.1, 0.15) is 18.1 Å². The highest BCUT2D eigenvalue weighted by atomic mass is 79.9. The molecule has 0 fully saturated rings. The molecule has 0 aliphatic rings. The zero-order chi connectivity index (χ0) is 14.5. The number of rotatable bonds is 5. The van der Waals surface area contributed by atoms with Gasteiger partial charge >= 0.3 is 0 Å². The van der Waals surface area contributed by atoms with Gasteiger partial charge in [0, 0.05) is 6.07 Å². The maximum atomic E-state index is 10.9. The van der Waals surface area contributed by atoms with Crippen LogP contribution in [0.3, 0.4) is 0 Å². The van der Waals surface area contributed by atoms with Crippen LogP contribution in [-0.4, -0.2) is 12.0 Å². The molecular formula is C14H12BrNO4. The Bertz CT molecular complexity index is 630. The smallest absolute Gasteiger partial charge is 0.273 e. The molecule has 0 saturated carbocycles.